The Labute approximate surface area is 141 Å². The van der Waals surface area contributed by atoms with Crippen molar-refractivity contribution in [1.29, 1.82) is 0 Å². The number of benzene rings is 1. The number of carbonyl (C=O) groups is 1. The molecule has 0 amide bonds. The van der Waals surface area contributed by atoms with E-state index in [9.17, 15) is 4.79 Å². The molecule has 2 nitrogen and oxygen atoms in total. The van der Waals surface area contributed by atoms with Gasteiger partial charge >= 0.3 is 5.97 Å². The average molecular weight is 316 g/mol. The molecule has 1 aromatic rings. The second-order valence-electron chi connectivity index (χ2n) is 6.13. The molecule has 0 saturated heterocycles. The highest BCUT2D eigenvalue weighted by molar-refractivity contribution is 5.89. The van der Waals surface area contributed by atoms with Crippen molar-refractivity contribution in [2.45, 2.75) is 71.1 Å². The Hall–Kier alpha value is -1.57. The average Bonchev–Trinajstić information content (AvgIpc) is 2.59. The standard InChI is InChI=1S/C21H32O2/c1-3-4-5-6-7-8-9-10-11-12-13-14-19-15-17-20(18-16-19)21(22)23-2/h13-18H,3-12H2,1-2H3. The van der Waals surface area contributed by atoms with Crippen LogP contribution >= 0.6 is 0 Å². The van der Waals surface area contributed by atoms with E-state index in [-0.39, 0.29) is 5.97 Å². The molecule has 0 fully saturated rings. The fourth-order valence-electron chi connectivity index (χ4n) is 2.64. The van der Waals surface area contributed by atoms with E-state index in [1.54, 1.807) is 0 Å². The summed E-state index contributed by atoms with van der Waals surface area (Å²) in [6.07, 6.45) is 17.8. The third-order valence-electron chi connectivity index (χ3n) is 4.12. The van der Waals surface area contributed by atoms with Crippen LogP contribution in [-0.2, 0) is 4.74 Å². The van der Waals surface area contributed by atoms with Crippen molar-refractivity contribution in [1.82, 2.24) is 0 Å². The number of esters is 1. The van der Waals surface area contributed by atoms with Gasteiger partial charge in [0.15, 0.2) is 0 Å². The molecule has 0 spiro atoms. The highest BCUT2D eigenvalue weighted by Crippen LogP contribution is 2.12. The largest absolute Gasteiger partial charge is 0.465 e. The van der Waals surface area contributed by atoms with E-state index in [1.807, 2.05) is 24.3 Å². The van der Waals surface area contributed by atoms with Gasteiger partial charge in [0.25, 0.3) is 0 Å². The second kappa shape index (κ2) is 12.9. The van der Waals surface area contributed by atoms with E-state index < -0.39 is 0 Å². The number of methoxy groups -OCH3 is 1. The smallest absolute Gasteiger partial charge is 0.337 e. The molecule has 0 unspecified atom stereocenters. The van der Waals surface area contributed by atoms with Gasteiger partial charge in [-0.05, 0) is 30.5 Å². The maximum Gasteiger partial charge on any atom is 0.337 e. The quantitative estimate of drug-likeness (QED) is 0.329. The van der Waals surface area contributed by atoms with Crippen molar-refractivity contribution >= 4 is 12.0 Å². The minimum atomic E-state index is -0.282. The van der Waals surface area contributed by atoms with E-state index in [1.165, 1.54) is 64.9 Å². The lowest BCUT2D eigenvalue weighted by Crippen LogP contribution is -2.00. The molecule has 0 aliphatic carbocycles. The first-order chi connectivity index (χ1) is 11.3. The number of hydrogen-bond acceptors (Lipinski definition) is 2. The van der Waals surface area contributed by atoms with E-state index in [0.29, 0.717) is 5.56 Å². The molecule has 0 atom stereocenters. The number of allylic oxidation sites excluding steroid dienone is 1. The Bertz CT molecular complexity index is 445. The zero-order valence-electron chi connectivity index (χ0n) is 14.9. The van der Waals surface area contributed by atoms with Crippen LogP contribution in [0.3, 0.4) is 0 Å². The maximum absolute atomic E-state index is 11.3. The van der Waals surface area contributed by atoms with E-state index in [2.05, 4.69) is 19.1 Å². The lowest BCUT2D eigenvalue weighted by Gasteiger charge is -2.01. The summed E-state index contributed by atoms with van der Waals surface area (Å²) < 4.78 is 4.69. The molecule has 23 heavy (non-hydrogen) atoms. The fraction of sp³-hybridized carbons (Fsp3) is 0.571. The van der Waals surface area contributed by atoms with E-state index in [0.717, 1.165) is 12.0 Å². The molecule has 0 aromatic heterocycles. The maximum atomic E-state index is 11.3. The summed E-state index contributed by atoms with van der Waals surface area (Å²) in [4.78, 5) is 11.3. The summed E-state index contributed by atoms with van der Waals surface area (Å²) in [7, 11) is 1.40. The van der Waals surface area contributed by atoms with Crippen molar-refractivity contribution in [3.05, 3.63) is 41.5 Å². The number of carbonyl (C=O) groups excluding carboxylic acids is 1. The Kier molecular flexibility index (Phi) is 10.9. The monoisotopic (exact) mass is 316 g/mol. The van der Waals surface area contributed by atoms with E-state index in [4.69, 9.17) is 4.74 Å². The molecule has 0 aliphatic rings. The first-order valence-electron chi connectivity index (χ1n) is 9.13. The van der Waals surface area contributed by atoms with Gasteiger partial charge in [-0.3, -0.25) is 0 Å². The molecule has 0 radical (unpaired) electrons. The highest BCUT2D eigenvalue weighted by atomic mass is 16.5. The summed E-state index contributed by atoms with van der Waals surface area (Å²) in [6, 6.07) is 7.53. The normalized spacial score (nSPS) is 11.0. The van der Waals surface area contributed by atoms with Crippen LogP contribution in [0.2, 0.25) is 0 Å². The lowest BCUT2D eigenvalue weighted by atomic mass is 10.1. The molecule has 128 valence electrons. The number of unbranched alkanes of at least 4 members (excludes halogenated alkanes) is 9. The third kappa shape index (κ3) is 9.22. The van der Waals surface area contributed by atoms with Crippen LogP contribution in [0, 0.1) is 0 Å². The third-order valence-corrected chi connectivity index (χ3v) is 4.12. The minimum Gasteiger partial charge on any atom is -0.465 e. The van der Waals surface area contributed by atoms with Crippen LogP contribution < -0.4 is 0 Å². The highest BCUT2D eigenvalue weighted by Gasteiger charge is 2.02. The summed E-state index contributed by atoms with van der Waals surface area (Å²) in [5, 5.41) is 0. The molecule has 0 aliphatic heterocycles. The van der Waals surface area contributed by atoms with Gasteiger partial charge < -0.3 is 4.74 Å². The molecule has 0 bridgehead atoms. The van der Waals surface area contributed by atoms with Crippen molar-refractivity contribution < 1.29 is 9.53 Å². The number of hydrogen-bond donors (Lipinski definition) is 0. The summed E-state index contributed by atoms with van der Waals surface area (Å²) in [5.74, 6) is -0.282. The van der Waals surface area contributed by atoms with E-state index >= 15 is 0 Å². The first-order valence-corrected chi connectivity index (χ1v) is 9.13. The Morgan fingerprint density at radius 3 is 2.04 bits per heavy atom. The van der Waals surface area contributed by atoms with Crippen LogP contribution in [0.15, 0.2) is 30.3 Å². The van der Waals surface area contributed by atoms with Crippen LogP contribution in [0.5, 0.6) is 0 Å². The van der Waals surface area contributed by atoms with Crippen LogP contribution in [0.25, 0.3) is 6.08 Å². The van der Waals surface area contributed by atoms with Gasteiger partial charge in [0.05, 0.1) is 12.7 Å². The van der Waals surface area contributed by atoms with Crippen molar-refractivity contribution in [3.8, 4) is 0 Å². The Morgan fingerprint density at radius 2 is 1.48 bits per heavy atom. The van der Waals surface area contributed by atoms with Crippen molar-refractivity contribution in [2.75, 3.05) is 7.11 Å². The predicted molar refractivity (Wildman–Crippen MR) is 98.7 cm³/mol. The van der Waals surface area contributed by atoms with Crippen molar-refractivity contribution in [3.63, 3.8) is 0 Å². The minimum absolute atomic E-state index is 0.282. The van der Waals surface area contributed by atoms with Gasteiger partial charge in [-0.2, -0.15) is 0 Å². The molecule has 1 aromatic carbocycles. The molecule has 0 heterocycles. The van der Waals surface area contributed by atoms with Crippen molar-refractivity contribution in [2.24, 2.45) is 0 Å². The van der Waals surface area contributed by atoms with Gasteiger partial charge in [0.1, 0.15) is 0 Å². The van der Waals surface area contributed by atoms with Crippen LogP contribution in [0.1, 0.15) is 87.1 Å². The molecular weight excluding hydrogens is 284 g/mol. The Morgan fingerprint density at radius 1 is 0.913 bits per heavy atom. The number of rotatable bonds is 12. The topological polar surface area (TPSA) is 26.3 Å². The van der Waals surface area contributed by atoms with Gasteiger partial charge in [-0.15, -0.1) is 0 Å². The molecule has 1 rings (SSSR count). The Balaban J connectivity index is 2.07. The SMILES string of the molecule is CCCCCCCCCCCC=Cc1ccc(C(=O)OC)cc1. The van der Waals surface area contributed by atoms with Gasteiger partial charge in [0.2, 0.25) is 0 Å². The van der Waals surface area contributed by atoms with Gasteiger partial charge in [0, 0.05) is 0 Å². The van der Waals surface area contributed by atoms with Gasteiger partial charge in [-0.25, -0.2) is 4.79 Å². The second-order valence-corrected chi connectivity index (χ2v) is 6.13. The molecular formula is C21H32O2. The summed E-state index contributed by atoms with van der Waals surface area (Å²) in [6.45, 7) is 2.26. The summed E-state index contributed by atoms with van der Waals surface area (Å²) >= 11 is 0. The first kappa shape index (κ1) is 19.5. The number of ether oxygens (including phenoxy) is 1. The molecule has 0 saturated carbocycles. The van der Waals surface area contributed by atoms with Gasteiger partial charge in [-0.1, -0.05) is 82.6 Å². The van der Waals surface area contributed by atoms with Crippen LogP contribution in [0.4, 0.5) is 0 Å². The zero-order valence-corrected chi connectivity index (χ0v) is 14.9. The fourth-order valence-corrected chi connectivity index (χ4v) is 2.64. The van der Waals surface area contributed by atoms with Crippen LogP contribution in [-0.4, -0.2) is 13.1 Å². The predicted octanol–water partition coefficient (Wildman–Crippen LogP) is 6.41. The zero-order chi connectivity index (χ0) is 16.8. The lowest BCUT2D eigenvalue weighted by molar-refractivity contribution is 0.0600. The molecule has 0 N–H and O–H groups in total. The molecule has 2 heteroatoms. The summed E-state index contributed by atoms with van der Waals surface area (Å²) in [5.41, 5.74) is 1.73.